The van der Waals surface area contributed by atoms with Crippen molar-refractivity contribution >= 4 is 17.7 Å². The normalized spacial score (nSPS) is 23.1. The van der Waals surface area contributed by atoms with E-state index in [-0.39, 0.29) is 35.6 Å². The second-order valence-electron chi connectivity index (χ2n) is 9.88. The number of carbonyl (C=O) groups excluding carboxylic acids is 3. The second kappa shape index (κ2) is 9.12. The predicted molar refractivity (Wildman–Crippen MR) is 127 cm³/mol. The Hall–Kier alpha value is -2.95. The third kappa shape index (κ3) is 4.21. The van der Waals surface area contributed by atoms with Crippen LogP contribution in [0.25, 0.3) is 0 Å². The zero-order chi connectivity index (χ0) is 22.9. The Bertz CT molecular complexity index is 1060. The minimum absolute atomic E-state index is 0.00306. The molecule has 1 N–H and O–H groups in total. The lowest BCUT2D eigenvalue weighted by molar-refractivity contribution is -0.128. The van der Waals surface area contributed by atoms with Gasteiger partial charge >= 0.3 is 0 Å². The monoisotopic (exact) mass is 444 g/mol. The van der Waals surface area contributed by atoms with Crippen molar-refractivity contribution < 1.29 is 14.4 Å². The van der Waals surface area contributed by atoms with Gasteiger partial charge in [-0.05, 0) is 80.2 Å². The molecular formula is C28H32N2O3. The van der Waals surface area contributed by atoms with E-state index in [0.29, 0.717) is 17.7 Å². The van der Waals surface area contributed by atoms with Gasteiger partial charge in [0.1, 0.15) is 0 Å². The van der Waals surface area contributed by atoms with Gasteiger partial charge in [0.05, 0.1) is 17.2 Å². The number of fused-ring (bicyclic) bond motifs is 2. The summed E-state index contributed by atoms with van der Waals surface area (Å²) in [6, 6.07) is 13.5. The molecule has 0 saturated heterocycles. The number of rotatable bonds is 5. The fourth-order valence-corrected chi connectivity index (χ4v) is 5.84. The van der Waals surface area contributed by atoms with Gasteiger partial charge in [0, 0.05) is 12.5 Å². The fourth-order valence-electron chi connectivity index (χ4n) is 5.84. The molecule has 2 aromatic rings. The SMILES string of the molecule is CC(NC(=O)C1CCCCC1CN1C(=O)c2ccccc2C1=O)c1ccc2c(c1)CCCC2. The fraction of sp³-hybridized carbons (Fsp3) is 0.464. The first-order chi connectivity index (χ1) is 16.0. The Kier molecular flexibility index (Phi) is 6.05. The number of imide groups is 1. The molecule has 3 atom stereocenters. The highest BCUT2D eigenvalue weighted by atomic mass is 16.2. The van der Waals surface area contributed by atoms with Gasteiger partial charge in [0.25, 0.3) is 11.8 Å². The van der Waals surface area contributed by atoms with Gasteiger partial charge in [-0.2, -0.15) is 0 Å². The van der Waals surface area contributed by atoms with Crippen LogP contribution in [0.2, 0.25) is 0 Å². The lowest BCUT2D eigenvalue weighted by Gasteiger charge is -2.33. The van der Waals surface area contributed by atoms with Crippen molar-refractivity contribution in [1.82, 2.24) is 10.2 Å². The van der Waals surface area contributed by atoms with Gasteiger partial charge in [-0.25, -0.2) is 0 Å². The van der Waals surface area contributed by atoms with E-state index < -0.39 is 0 Å². The van der Waals surface area contributed by atoms with Gasteiger partial charge in [0.2, 0.25) is 5.91 Å². The zero-order valence-corrected chi connectivity index (χ0v) is 19.3. The van der Waals surface area contributed by atoms with Gasteiger partial charge in [0.15, 0.2) is 0 Å². The Labute approximate surface area is 195 Å². The summed E-state index contributed by atoms with van der Waals surface area (Å²) in [5, 5.41) is 3.24. The molecule has 2 aromatic carbocycles. The lowest BCUT2D eigenvalue weighted by Crippen LogP contribution is -2.44. The molecule has 3 unspecified atom stereocenters. The Balaban J connectivity index is 1.27. The molecule has 5 heteroatoms. The maximum Gasteiger partial charge on any atom is 0.261 e. The molecule has 0 aromatic heterocycles. The quantitative estimate of drug-likeness (QED) is 0.671. The van der Waals surface area contributed by atoms with Crippen molar-refractivity contribution in [2.45, 2.75) is 64.3 Å². The van der Waals surface area contributed by atoms with Crippen LogP contribution in [0.1, 0.15) is 88.9 Å². The van der Waals surface area contributed by atoms with Crippen molar-refractivity contribution in [3.63, 3.8) is 0 Å². The predicted octanol–water partition coefficient (Wildman–Crippen LogP) is 4.85. The lowest BCUT2D eigenvalue weighted by atomic mass is 9.78. The van der Waals surface area contributed by atoms with Crippen molar-refractivity contribution in [2.75, 3.05) is 6.54 Å². The van der Waals surface area contributed by atoms with Crippen LogP contribution in [0.15, 0.2) is 42.5 Å². The minimum Gasteiger partial charge on any atom is -0.349 e. The van der Waals surface area contributed by atoms with E-state index in [9.17, 15) is 14.4 Å². The van der Waals surface area contributed by atoms with E-state index in [4.69, 9.17) is 0 Å². The van der Waals surface area contributed by atoms with Crippen molar-refractivity contribution in [3.05, 3.63) is 70.3 Å². The molecule has 3 aliphatic rings. The first kappa shape index (κ1) is 21.9. The molecule has 1 aliphatic heterocycles. The molecule has 3 amide bonds. The highest BCUT2D eigenvalue weighted by Crippen LogP contribution is 2.34. The average molecular weight is 445 g/mol. The Morgan fingerprint density at radius 1 is 0.939 bits per heavy atom. The zero-order valence-electron chi connectivity index (χ0n) is 19.3. The molecule has 5 nitrogen and oxygen atoms in total. The summed E-state index contributed by atoms with van der Waals surface area (Å²) >= 11 is 0. The number of nitrogens with zero attached hydrogens (tertiary/aromatic N) is 1. The van der Waals surface area contributed by atoms with Crippen molar-refractivity contribution in [1.29, 1.82) is 0 Å². The van der Waals surface area contributed by atoms with Crippen LogP contribution >= 0.6 is 0 Å². The van der Waals surface area contributed by atoms with Crippen LogP contribution in [0.5, 0.6) is 0 Å². The number of aryl methyl sites for hydroxylation is 2. The highest BCUT2D eigenvalue weighted by Gasteiger charge is 2.40. The average Bonchev–Trinajstić information content (AvgIpc) is 3.09. The maximum atomic E-state index is 13.3. The third-order valence-corrected chi connectivity index (χ3v) is 7.77. The largest absolute Gasteiger partial charge is 0.349 e. The van der Waals surface area contributed by atoms with Crippen LogP contribution in [0.4, 0.5) is 0 Å². The molecule has 1 fully saturated rings. The molecule has 5 rings (SSSR count). The van der Waals surface area contributed by atoms with Gasteiger partial charge in [-0.1, -0.05) is 43.2 Å². The summed E-state index contributed by atoms with van der Waals surface area (Å²) in [7, 11) is 0. The number of nitrogens with one attached hydrogen (secondary N) is 1. The van der Waals surface area contributed by atoms with Crippen molar-refractivity contribution in [2.24, 2.45) is 11.8 Å². The summed E-state index contributed by atoms with van der Waals surface area (Å²) in [5.74, 6) is -0.605. The number of hydrogen-bond donors (Lipinski definition) is 1. The molecule has 0 spiro atoms. The standard InChI is InChI=1S/C28H32N2O3/c1-18(20-15-14-19-8-2-3-9-21(19)16-20)29-26(31)23-11-5-4-10-22(23)17-30-27(32)24-12-6-7-13-25(24)28(30)33/h6-7,12-16,18,22-23H,2-5,8-11,17H2,1H3,(H,29,31). The van der Waals surface area contributed by atoms with Gasteiger partial charge in [-0.15, -0.1) is 0 Å². The van der Waals surface area contributed by atoms with Crippen LogP contribution < -0.4 is 5.32 Å². The van der Waals surface area contributed by atoms with E-state index in [1.54, 1.807) is 24.3 Å². The number of hydrogen-bond acceptors (Lipinski definition) is 3. The van der Waals surface area contributed by atoms with Crippen LogP contribution in [0.3, 0.4) is 0 Å². The summed E-state index contributed by atoms with van der Waals surface area (Å²) in [5.41, 5.74) is 4.95. The molecule has 2 aliphatic carbocycles. The molecule has 172 valence electrons. The minimum atomic E-state index is -0.234. The topological polar surface area (TPSA) is 66.5 Å². The third-order valence-electron chi connectivity index (χ3n) is 7.77. The van der Waals surface area contributed by atoms with Crippen LogP contribution in [-0.4, -0.2) is 29.2 Å². The number of carbonyl (C=O) groups is 3. The summed E-state index contributed by atoms with van der Waals surface area (Å²) in [4.78, 5) is 40.4. The van der Waals surface area contributed by atoms with E-state index in [1.807, 2.05) is 6.92 Å². The molecule has 0 radical (unpaired) electrons. The van der Waals surface area contributed by atoms with Gasteiger partial charge < -0.3 is 5.32 Å². The summed E-state index contributed by atoms with van der Waals surface area (Å²) in [6.07, 6.45) is 8.46. The number of benzene rings is 2. The van der Waals surface area contributed by atoms with E-state index >= 15 is 0 Å². The smallest absolute Gasteiger partial charge is 0.261 e. The Morgan fingerprint density at radius 2 is 1.61 bits per heavy atom. The van der Waals surface area contributed by atoms with Crippen molar-refractivity contribution in [3.8, 4) is 0 Å². The highest BCUT2D eigenvalue weighted by molar-refractivity contribution is 6.21. The molecule has 1 heterocycles. The van der Waals surface area contributed by atoms with Gasteiger partial charge in [-0.3, -0.25) is 19.3 Å². The molecule has 33 heavy (non-hydrogen) atoms. The van der Waals surface area contributed by atoms with E-state index in [2.05, 4.69) is 23.5 Å². The van der Waals surface area contributed by atoms with Crippen LogP contribution in [-0.2, 0) is 17.6 Å². The van der Waals surface area contributed by atoms with E-state index in [1.165, 1.54) is 28.9 Å². The van der Waals surface area contributed by atoms with Crippen LogP contribution in [0, 0.1) is 11.8 Å². The second-order valence-corrected chi connectivity index (χ2v) is 9.88. The van der Waals surface area contributed by atoms with E-state index in [0.717, 1.165) is 44.1 Å². The Morgan fingerprint density at radius 3 is 2.33 bits per heavy atom. The summed E-state index contributed by atoms with van der Waals surface area (Å²) < 4.78 is 0. The molecule has 0 bridgehead atoms. The molecule has 1 saturated carbocycles. The first-order valence-electron chi connectivity index (χ1n) is 12.4. The molecular weight excluding hydrogens is 412 g/mol. The number of amides is 3. The summed E-state index contributed by atoms with van der Waals surface area (Å²) in [6.45, 7) is 2.36. The maximum absolute atomic E-state index is 13.3. The first-order valence-corrected chi connectivity index (χ1v) is 12.4.